The maximum absolute atomic E-state index is 5.51. The summed E-state index contributed by atoms with van der Waals surface area (Å²) in [5.41, 5.74) is 5.25. The SMILES string of the molecule is C=C(CC)CC(Cc1cccnc1)NN. The van der Waals surface area contributed by atoms with E-state index in [-0.39, 0.29) is 6.04 Å². The lowest BCUT2D eigenvalue weighted by Gasteiger charge is -2.16. The lowest BCUT2D eigenvalue weighted by molar-refractivity contribution is 0.516. The van der Waals surface area contributed by atoms with Gasteiger partial charge in [0.2, 0.25) is 0 Å². The van der Waals surface area contributed by atoms with E-state index in [0.29, 0.717) is 0 Å². The molecule has 0 spiro atoms. The molecule has 0 radical (unpaired) electrons. The Morgan fingerprint density at radius 1 is 1.67 bits per heavy atom. The van der Waals surface area contributed by atoms with Gasteiger partial charge in [-0.3, -0.25) is 16.3 Å². The largest absolute Gasteiger partial charge is 0.271 e. The Labute approximate surface area is 91.4 Å². The highest BCUT2D eigenvalue weighted by molar-refractivity contribution is 5.11. The Kier molecular flexibility index (Phi) is 5.01. The van der Waals surface area contributed by atoms with Crippen LogP contribution in [0.15, 0.2) is 36.7 Å². The van der Waals surface area contributed by atoms with E-state index in [9.17, 15) is 0 Å². The van der Waals surface area contributed by atoms with Crippen molar-refractivity contribution in [3.8, 4) is 0 Å². The van der Waals surface area contributed by atoms with Crippen molar-refractivity contribution in [1.29, 1.82) is 0 Å². The van der Waals surface area contributed by atoms with E-state index in [2.05, 4.69) is 30.0 Å². The van der Waals surface area contributed by atoms with Gasteiger partial charge >= 0.3 is 0 Å². The lowest BCUT2D eigenvalue weighted by Crippen LogP contribution is -2.37. The van der Waals surface area contributed by atoms with Gasteiger partial charge in [0.15, 0.2) is 0 Å². The summed E-state index contributed by atoms with van der Waals surface area (Å²) in [5, 5.41) is 0. The summed E-state index contributed by atoms with van der Waals surface area (Å²) in [4.78, 5) is 4.08. The molecule has 0 aliphatic heterocycles. The molecule has 0 saturated carbocycles. The first-order valence-corrected chi connectivity index (χ1v) is 5.28. The average Bonchev–Trinajstić information content (AvgIpc) is 2.29. The zero-order chi connectivity index (χ0) is 11.1. The quantitative estimate of drug-likeness (QED) is 0.423. The second-order valence-corrected chi connectivity index (χ2v) is 3.74. The third-order valence-corrected chi connectivity index (χ3v) is 2.48. The smallest absolute Gasteiger partial charge is 0.0300 e. The van der Waals surface area contributed by atoms with Crippen LogP contribution in [0.25, 0.3) is 0 Å². The van der Waals surface area contributed by atoms with E-state index >= 15 is 0 Å². The summed E-state index contributed by atoms with van der Waals surface area (Å²) in [6, 6.07) is 4.26. The molecule has 0 fully saturated rings. The van der Waals surface area contributed by atoms with Crippen molar-refractivity contribution in [2.24, 2.45) is 5.84 Å². The molecule has 1 rings (SSSR count). The van der Waals surface area contributed by atoms with Gasteiger partial charge in [-0.15, -0.1) is 0 Å². The van der Waals surface area contributed by atoms with Crippen molar-refractivity contribution < 1.29 is 0 Å². The third kappa shape index (κ3) is 4.23. The first kappa shape index (κ1) is 11.9. The number of hydrogen-bond acceptors (Lipinski definition) is 3. The van der Waals surface area contributed by atoms with Crippen LogP contribution in [0.2, 0.25) is 0 Å². The van der Waals surface area contributed by atoms with Crippen molar-refractivity contribution in [2.75, 3.05) is 0 Å². The minimum Gasteiger partial charge on any atom is -0.271 e. The van der Waals surface area contributed by atoms with Crippen molar-refractivity contribution in [1.82, 2.24) is 10.4 Å². The van der Waals surface area contributed by atoms with Crippen molar-refractivity contribution >= 4 is 0 Å². The first-order chi connectivity index (χ1) is 7.26. The van der Waals surface area contributed by atoms with Gasteiger partial charge in [0.05, 0.1) is 0 Å². The fourth-order valence-corrected chi connectivity index (χ4v) is 1.49. The molecule has 1 unspecified atom stereocenters. The number of hydrazine groups is 1. The molecule has 15 heavy (non-hydrogen) atoms. The van der Waals surface area contributed by atoms with Gasteiger partial charge < -0.3 is 0 Å². The fourth-order valence-electron chi connectivity index (χ4n) is 1.49. The van der Waals surface area contributed by atoms with Crippen molar-refractivity contribution in [3.05, 3.63) is 42.2 Å². The molecule has 3 N–H and O–H groups in total. The van der Waals surface area contributed by atoms with Gasteiger partial charge in [0, 0.05) is 18.4 Å². The van der Waals surface area contributed by atoms with Gasteiger partial charge in [-0.05, 0) is 30.9 Å². The molecular formula is C12H19N3. The summed E-state index contributed by atoms with van der Waals surface area (Å²) in [5.74, 6) is 5.51. The number of nitrogens with zero attached hydrogens (tertiary/aromatic N) is 1. The van der Waals surface area contributed by atoms with Crippen LogP contribution in [0, 0.1) is 0 Å². The Morgan fingerprint density at radius 3 is 3.00 bits per heavy atom. The molecule has 3 nitrogen and oxygen atoms in total. The van der Waals surface area contributed by atoms with Crippen LogP contribution < -0.4 is 11.3 Å². The maximum Gasteiger partial charge on any atom is 0.0300 e. The molecule has 1 atom stereocenters. The molecule has 0 amide bonds. The zero-order valence-corrected chi connectivity index (χ0v) is 9.24. The minimum absolute atomic E-state index is 0.252. The van der Waals surface area contributed by atoms with Crippen LogP contribution >= 0.6 is 0 Å². The molecular weight excluding hydrogens is 186 g/mol. The highest BCUT2D eigenvalue weighted by Gasteiger charge is 2.08. The number of nitrogens with two attached hydrogens (primary N) is 1. The predicted octanol–water partition coefficient (Wildman–Crippen LogP) is 1.81. The van der Waals surface area contributed by atoms with Gasteiger partial charge in [-0.1, -0.05) is 25.1 Å². The predicted molar refractivity (Wildman–Crippen MR) is 63.1 cm³/mol. The molecule has 3 heteroatoms. The fraction of sp³-hybridized carbons (Fsp3) is 0.417. The minimum atomic E-state index is 0.252. The average molecular weight is 205 g/mol. The van der Waals surface area contributed by atoms with E-state index < -0.39 is 0 Å². The highest BCUT2D eigenvalue weighted by atomic mass is 15.2. The molecule has 1 aromatic heterocycles. The summed E-state index contributed by atoms with van der Waals surface area (Å²) < 4.78 is 0. The van der Waals surface area contributed by atoms with E-state index in [1.165, 1.54) is 11.1 Å². The third-order valence-electron chi connectivity index (χ3n) is 2.48. The van der Waals surface area contributed by atoms with Crippen LogP contribution in [0.4, 0.5) is 0 Å². The topological polar surface area (TPSA) is 50.9 Å². The van der Waals surface area contributed by atoms with Crippen LogP contribution in [-0.2, 0) is 6.42 Å². The second-order valence-electron chi connectivity index (χ2n) is 3.74. The van der Waals surface area contributed by atoms with E-state index in [1.807, 2.05) is 12.3 Å². The summed E-state index contributed by atoms with van der Waals surface area (Å²) in [6.07, 6.45) is 6.47. The number of rotatable bonds is 6. The molecule has 0 saturated heterocycles. The van der Waals surface area contributed by atoms with Gasteiger partial charge in [-0.25, -0.2) is 0 Å². The number of nitrogens with one attached hydrogen (secondary N) is 1. The molecule has 0 bridgehead atoms. The molecule has 0 aliphatic carbocycles. The normalized spacial score (nSPS) is 12.4. The van der Waals surface area contributed by atoms with E-state index in [1.54, 1.807) is 6.20 Å². The molecule has 1 aromatic rings. The maximum atomic E-state index is 5.51. The van der Waals surface area contributed by atoms with E-state index in [0.717, 1.165) is 19.3 Å². The Balaban J connectivity index is 2.50. The zero-order valence-electron chi connectivity index (χ0n) is 9.24. The van der Waals surface area contributed by atoms with Crippen LogP contribution in [-0.4, -0.2) is 11.0 Å². The molecule has 82 valence electrons. The highest BCUT2D eigenvalue weighted by Crippen LogP contribution is 2.10. The van der Waals surface area contributed by atoms with E-state index in [4.69, 9.17) is 5.84 Å². The number of aromatic nitrogens is 1. The van der Waals surface area contributed by atoms with Crippen molar-refractivity contribution in [3.63, 3.8) is 0 Å². The van der Waals surface area contributed by atoms with Crippen LogP contribution in [0.1, 0.15) is 25.3 Å². The Hall–Kier alpha value is -1.19. The number of pyridine rings is 1. The monoisotopic (exact) mass is 205 g/mol. The molecule has 0 aromatic carbocycles. The Morgan fingerprint density at radius 2 is 2.47 bits per heavy atom. The molecule has 0 aliphatic rings. The molecule has 1 heterocycles. The Bertz CT molecular complexity index is 295. The summed E-state index contributed by atoms with van der Waals surface area (Å²) >= 11 is 0. The van der Waals surface area contributed by atoms with Crippen LogP contribution in [0.3, 0.4) is 0 Å². The van der Waals surface area contributed by atoms with Gasteiger partial charge in [0.25, 0.3) is 0 Å². The summed E-state index contributed by atoms with van der Waals surface area (Å²) in [7, 11) is 0. The van der Waals surface area contributed by atoms with Gasteiger partial charge in [0.1, 0.15) is 0 Å². The first-order valence-electron chi connectivity index (χ1n) is 5.28. The summed E-state index contributed by atoms with van der Waals surface area (Å²) in [6.45, 7) is 6.10. The van der Waals surface area contributed by atoms with Crippen molar-refractivity contribution in [2.45, 2.75) is 32.2 Å². The second kappa shape index (κ2) is 6.32. The standard InChI is InChI=1S/C12H19N3/c1-3-10(2)7-12(15-13)8-11-5-4-6-14-9-11/h4-6,9,12,15H,2-3,7-8,13H2,1H3. The lowest BCUT2D eigenvalue weighted by atomic mass is 10.0. The van der Waals surface area contributed by atoms with Crippen LogP contribution in [0.5, 0.6) is 0 Å². The number of hydrogen-bond donors (Lipinski definition) is 2. The van der Waals surface area contributed by atoms with Gasteiger partial charge in [-0.2, -0.15) is 0 Å².